The van der Waals surface area contributed by atoms with Gasteiger partial charge in [0.1, 0.15) is 11.4 Å². The van der Waals surface area contributed by atoms with E-state index in [4.69, 9.17) is 9.84 Å². The lowest BCUT2D eigenvalue weighted by atomic mass is 9.90. The number of hydrogen-bond acceptors (Lipinski definition) is 3. The molecule has 0 bridgehead atoms. The minimum atomic E-state index is -0.266. The van der Waals surface area contributed by atoms with Crippen LogP contribution in [-0.4, -0.2) is 41.7 Å². The van der Waals surface area contributed by atoms with E-state index in [2.05, 4.69) is 51.1 Å². The van der Waals surface area contributed by atoms with Crippen LogP contribution in [0.2, 0.25) is 0 Å². The maximum Gasteiger partial charge on any atom is 0.226 e. The lowest BCUT2D eigenvalue weighted by molar-refractivity contribution is -0.129. The highest BCUT2D eigenvalue weighted by atomic mass is 16.5. The van der Waals surface area contributed by atoms with E-state index < -0.39 is 0 Å². The molecule has 4 nitrogen and oxygen atoms in total. The summed E-state index contributed by atoms with van der Waals surface area (Å²) < 4.78 is 6.29. The number of likely N-dealkylation sites (N-methyl/N-ethyl adjacent to an activating group) is 1. The van der Waals surface area contributed by atoms with Crippen molar-refractivity contribution >= 4 is 5.91 Å². The number of ether oxygens (including phenoxy) is 1. The third-order valence-corrected chi connectivity index (χ3v) is 5.49. The predicted octanol–water partition coefficient (Wildman–Crippen LogP) is 3.74. The number of hydrogen-bond donors (Lipinski definition) is 1. The molecule has 0 radical (unpaired) electrons. The van der Waals surface area contributed by atoms with Gasteiger partial charge in [0.2, 0.25) is 5.91 Å². The van der Waals surface area contributed by atoms with E-state index in [-0.39, 0.29) is 18.1 Å². The molecule has 1 N–H and O–H groups in total. The quantitative estimate of drug-likeness (QED) is 0.795. The van der Waals surface area contributed by atoms with E-state index >= 15 is 0 Å². The molecular weight excluding hydrogens is 350 g/mol. The van der Waals surface area contributed by atoms with Gasteiger partial charge in [-0.1, -0.05) is 50.2 Å². The zero-order valence-electron chi connectivity index (χ0n) is 17.4. The van der Waals surface area contributed by atoms with Crippen LogP contribution >= 0.6 is 0 Å². The van der Waals surface area contributed by atoms with E-state index in [9.17, 15) is 4.79 Å². The molecule has 1 amide bonds. The molecule has 0 saturated heterocycles. The molecule has 2 aromatic carbocycles. The molecule has 28 heavy (non-hydrogen) atoms. The lowest BCUT2D eigenvalue weighted by Gasteiger charge is -2.24. The average Bonchev–Trinajstić information content (AvgIpc) is 2.97. The Hall–Kier alpha value is -2.33. The van der Waals surface area contributed by atoms with Crippen LogP contribution in [0.25, 0.3) is 0 Å². The molecule has 3 rings (SSSR count). The third kappa shape index (κ3) is 4.74. The van der Waals surface area contributed by atoms with Gasteiger partial charge in [-0.3, -0.25) is 4.79 Å². The topological polar surface area (TPSA) is 49.8 Å². The van der Waals surface area contributed by atoms with Gasteiger partial charge >= 0.3 is 0 Å². The Morgan fingerprint density at radius 1 is 1.18 bits per heavy atom. The molecule has 1 atom stereocenters. The van der Waals surface area contributed by atoms with Gasteiger partial charge in [0, 0.05) is 26.4 Å². The van der Waals surface area contributed by atoms with Gasteiger partial charge in [-0.25, -0.2) is 0 Å². The monoisotopic (exact) mass is 381 g/mol. The van der Waals surface area contributed by atoms with Gasteiger partial charge in [-0.2, -0.15) is 0 Å². The van der Waals surface area contributed by atoms with Crippen LogP contribution in [0.4, 0.5) is 0 Å². The molecule has 1 aliphatic heterocycles. The fourth-order valence-corrected chi connectivity index (χ4v) is 3.82. The summed E-state index contributed by atoms with van der Waals surface area (Å²) in [7, 11) is 1.72. The molecule has 0 aromatic heterocycles. The lowest BCUT2D eigenvalue weighted by Crippen LogP contribution is -2.32. The van der Waals surface area contributed by atoms with Crippen molar-refractivity contribution in [3.8, 4) is 5.75 Å². The second kappa shape index (κ2) is 8.36. The standard InChI is InChI=1S/C24H31NO3/c1-17(2)20-8-5-18(6-9-20)15-24(3)16-21-13-19(7-10-22(21)28-24)14-23(27)25(4)11-12-26/h5-10,13,17,26H,11-12,14-16H2,1-4H3/t24-/m0/s1. The third-order valence-electron chi connectivity index (χ3n) is 5.49. The fourth-order valence-electron chi connectivity index (χ4n) is 3.82. The Labute approximate surface area is 168 Å². The summed E-state index contributed by atoms with van der Waals surface area (Å²) >= 11 is 0. The number of fused-ring (bicyclic) bond motifs is 1. The van der Waals surface area contributed by atoms with Crippen molar-refractivity contribution in [2.45, 2.75) is 51.6 Å². The first-order valence-electron chi connectivity index (χ1n) is 10.0. The van der Waals surface area contributed by atoms with Crippen LogP contribution in [0.3, 0.4) is 0 Å². The number of amides is 1. The van der Waals surface area contributed by atoms with Gasteiger partial charge in [0.25, 0.3) is 0 Å². The van der Waals surface area contributed by atoms with Crippen molar-refractivity contribution in [2.24, 2.45) is 0 Å². The Kier molecular flexibility index (Phi) is 6.09. The zero-order chi connectivity index (χ0) is 20.3. The van der Waals surface area contributed by atoms with Gasteiger partial charge in [0.15, 0.2) is 0 Å². The van der Waals surface area contributed by atoms with Crippen LogP contribution in [0.5, 0.6) is 5.75 Å². The normalized spacial score (nSPS) is 18.1. The molecule has 0 fully saturated rings. The minimum Gasteiger partial charge on any atom is -0.487 e. The second-order valence-corrected chi connectivity index (χ2v) is 8.46. The van der Waals surface area contributed by atoms with E-state index in [0.29, 0.717) is 18.9 Å². The molecule has 4 heteroatoms. The Bertz CT molecular complexity index is 828. The molecule has 0 aliphatic carbocycles. The van der Waals surface area contributed by atoms with Crippen molar-refractivity contribution in [3.63, 3.8) is 0 Å². The number of benzene rings is 2. The summed E-state index contributed by atoms with van der Waals surface area (Å²) in [5.74, 6) is 1.47. The summed E-state index contributed by atoms with van der Waals surface area (Å²) in [6.07, 6.45) is 2.04. The highest BCUT2D eigenvalue weighted by Gasteiger charge is 2.35. The molecule has 0 unspecified atom stereocenters. The molecule has 0 spiro atoms. The zero-order valence-corrected chi connectivity index (χ0v) is 17.4. The van der Waals surface area contributed by atoms with Crippen molar-refractivity contribution in [1.82, 2.24) is 4.90 Å². The number of aliphatic hydroxyl groups is 1. The molecule has 1 heterocycles. The van der Waals surface area contributed by atoms with Gasteiger partial charge in [-0.05, 0) is 41.2 Å². The SMILES string of the molecule is CC(C)c1ccc(C[C@@]2(C)Cc3cc(CC(=O)N(C)CCO)ccc3O2)cc1. The maximum atomic E-state index is 12.2. The summed E-state index contributed by atoms with van der Waals surface area (Å²) in [4.78, 5) is 13.8. The fraction of sp³-hybridized carbons (Fsp3) is 0.458. The van der Waals surface area contributed by atoms with Gasteiger partial charge < -0.3 is 14.7 Å². The predicted molar refractivity (Wildman–Crippen MR) is 112 cm³/mol. The largest absolute Gasteiger partial charge is 0.487 e. The summed E-state index contributed by atoms with van der Waals surface area (Å²) in [5.41, 5.74) is 4.52. The van der Waals surface area contributed by atoms with Gasteiger partial charge in [-0.15, -0.1) is 0 Å². The van der Waals surface area contributed by atoms with Crippen LogP contribution in [-0.2, 0) is 24.1 Å². The first-order valence-corrected chi connectivity index (χ1v) is 10.0. The van der Waals surface area contributed by atoms with Crippen LogP contribution < -0.4 is 4.74 Å². The van der Waals surface area contributed by atoms with E-state index in [1.807, 2.05) is 12.1 Å². The highest BCUT2D eigenvalue weighted by Crippen LogP contribution is 2.37. The molecule has 150 valence electrons. The van der Waals surface area contributed by atoms with E-state index in [1.54, 1.807) is 11.9 Å². The van der Waals surface area contributed by atoms with Crippen LogP contribution in [0.1, 0.15) is 48.9 Å². The Morgan fingerprint density at radius 3 is 2.50 bits per heavy atom. The molecule has 0 saturated carbocycles. The summed E-state index contributed by atoms with van der Waals surface area (Å²) in [5, 5.41) is 8.99. The van der Waals surface area contributed by atoms with Crippen molar-refractivity contribution < 1.29 is 14.6 Å². The Morgan fingerprint density at radius 2 is 1.86 bits per heavy atom. The van der Waals surface area contributed by atoms with Crippen LogP contribution in [0.15, 0.2) is 42.5 Å². The van der Waals surface area contributed by atoms with Crippen molar-refractivity contribution in [3.05, 3.63) is 64.7 Å². The number of carbonyl (C=O) groups excluding carboxylic acids is 1. The second-order valence-electron chi connectivity index (χ2n) is 8.46. The molecule has 2 aromatic rings. The number of aliphatic hydroxyl groups excluding tert-OH is 1. The van der Waals surface area contributed by atoms with E-state index in [0.717, 1.165) is 29.7 Å². The van der Waals surface area contributed by atoms with Crippen molar-refractivity contribution in [1.29, 1.82) is 0 Å². The number of nitrogens with zero attached hydrogens (tertiary/aromatic N) is 1. The first kappa shape index (κ1) is 20.4. The minimum absolute atomic E-state index is 0.0147. The van der Waals surface area contributed by atoms with Crippen LogP contribution in [0, 0.1) is 0 Å². The van der Waals surface area contributed by atoms with Gasteiger partial charge in [0.05, 0.1) is 13.0 Å². The maximum absolute atomic E-state index is 12.2. The highest BCUT2D eigenvalue weighted by molar-refractivity contribution is 5.78. The summed E-state index contributed by atoms with van der Waals surface area (Å²) in [6.45, 7) is 6.91. The first-order chi connectivity index (χ1) is 13.3. The Balaban J connectivity index is 1.67. The van der Waals surface area contributed by atoms with E-state index in [1.165, 1.54) is 11.1 Å². The number of rotatable bonds is 7. The summed E-state index contributed by atoms with van der Waals surface area (Å²) in [6, 6.07) is 14.9. The molecule has 1 aliphatic rings. The van der Waals surface area contributed by atoms with Crippen molar-refractivity contribution in [2.75, 3.05) is 20.2 Å². The molecular formula is C24H31NO3. The average molecular weight is 382 g/mol. The number of carbonyl (C=O) groups is 1. The smallest absolute Gasteiger partial charge is 0.226 e.